The van der Waals surface area contributed by atoms with E-state index in [0.29, 0.717) is 4.89 Å². The SMILES string of the molecule is NNc1ccccc1.O=S(=O)(O)NO. The molecule has 0 aliphatic rings. The number of hydrogen-bond acceptors (Lipinski definition) is 5. The van der Waals surface area contributed by atoms with E-state index in [0.717, 1.165) is 5.69 Å². The van der Waals surface area contributed by atoms with Crippen LogP contribution in [0.25, 0.3) is 0 Å². The quantitative estimate of drug-likeness (QED) is 0.266. The molecule has 0 radical (unpaired) electrons. The van der Waals surface area contributed by atoms with E-state index >= 15 is 0 Å². The molecular weight excluding hydrogens is 210 g/mol. The zero-order chi connectivity index (χ0) is 11.0. The highest BCUT2D eigenvalue weighted by Gasteiger charge is 1.93. The Labute approximate surface area is 81.4 Å². The number of nitrogens with one attached hydrogen (secondary N) is 2. The van der Waals surface area contributed by atoms with Crippen molar-refractivity contribution in [2.24, 2.45) is 5.84 Å². The summed E-state index contributed by atoms with van der Waals surface area (Å²) in [6.45, 7) is 0. The number of hydrogen-bond donors (Lipinski definition) is 5. The number of benzene rings is 1. The number of nitrogens with two attached hydrogens (primary N) is 1. The van der Waals surface area contributed by atoms with E-state index < -0.39 is 10.3 Å². The van der Waals surface area contributed by atoms with Crippen LogP contribution in [0.4, 0.5) is 5.69 Å². The lowest BCUT2D eigenvalue weighted by Crippen LogP contribution is -2.16. The summed E-state index contributed by atoms with van der Waals surface area (Å²) in [5, 5.41) is 7.31. The van der Waals surface area contributed by atoms with Crippen molar-refractivity contribution in [2.75, 3.05) is 5.43 Å². The maximum Gasteiger partial charge on any atom is 0.355 e. The van der Waals surface area contributed by atoms with E-state index in [1.807, 2.05) is 30.3 Å². The van der Waals surface area contributed by atoms with Gasteiger partial charge in [0.2, 0.25) is 0 Å². The normalized spacial score (nSPS) is 9.93. The fourth-order valence-electron chi connectivity index (χ4n) is 0.534. The Morgan fingerprint density at radius 1 is 1.21 bits per heavy atom. The third-order valence-corrected chi connectivity index (χ3v) is 1.29. The van der Waals surface area contributed by atoms with Crippen molar-refractivity contribution < 1.29 is 18.2 Å². The van der Waals surface area contributed by atoms with Crippen LogP contribution >= 0.6 is 0 Å². The third-order valence-electron chi connectivity index (χ3n) is 1.06. The van der Waals surface area contributed by atoms with Gasteiger partial charge in [-0.25, -0.2) is 0 Å². The van der Waals surface area contributed by atoms with Crippen LogP contribution in [-0.4, -0.2) is 18.2 Å². The predicted molar refractivity (Wildman–Crippen MR) is 50.7 cm³/mol. The number of anilines is 1. The molecule has 0 fully saturated rings. The van der Waals surface area contributed by atoms with Gasteiger partial charge in [-0.05, 0) is 12.1 Å². The Bertz CT molecular complexity index is 339. The fraction of sp³-hybridized carbons (Fsp3) is 0. The third kappa shape index (κ3) is 7.46. The fourth-order valence-corrected chi connectivity index (χ4v) is 0.534. The maximum absolute atomic E-state index is 9.19. The number of hydrazine groups is 1. The summed E-state index contributed by atoms with van der Waals surface area (Å²) < 4.78 is 25.8. The molecule has 0 aliphatic carbocycles. The van der Waals surface area contributed by atoms with Crippen LogP contribution in [0.5, 0.6) is 0 Å². The smallest absolute Gasteiger partial charge is 0.324 e. The molecule has 1 rings (SSSR count). The molecule has 1 aromatic rings. The molecule has 7 nitrogen and oxygen atoms in total. The molecule has 0 atom stereocenters. The van der Waals surface area contributed by atoms with Gasteiger partial charge >= 0.3 is 10.3 Å². The van der Waals surface area contributed by atoms with Crippen LogP contribution in [0.3, 0.4) is 0 Å². The highest BCUT2D eigenvalue weighted by Crippen LogP contribution is 2.00. The van der Waals surface area contributed by atoms with Gasteiger partial charge in [0, 0.05) is 5.69 Å². The minimum atomic E-state index is -4.36. The first-order valence-corrected chi connectivity index (χ1v) is 4.83. The minimum absolute atomic E-state index is 0.632. The van der Waals surface area contributed by atoms with Crippen LogP contribution in [0, 0.1) is 0 Å². The summed E-state index contributed by atoms with van der Waals surface area (Å²) in [6, 6.07) is 9.60. The van der Waals surface area contributed by atoms with Gasteiger partial charge in [-0.2, -0.15) is 8.42 Å². The summed E-state index contributed by atoms with van der Waals surface area (Å²) in [5.74, 6) is 5.10. The molecule has 0 saturated heterocycles. The molecule has 0 spiro atoms. The van der Waals surface area contributed by atoms with Crippen molar-refractivity contribution in [3.8, 4) is 0 Å². The highest BCUT2D eigenvalue weighted by atomic mass is 32.2. The van der Waals surface area contributed by atoms with Crippen molar-refractivity contribution in [2.45, 2.75) is 0 Å². The first kappa shape index (κ1) is 12.8. The van der Waals surface area contributed by atoms with Crippen LogP contribution in [0.1, 0.15) is 0 Å². The molecule has 8 heteroatoms. The zero-order valence-corrected chi connectivity index (χ0v) is 7.90. The first-order valence-electron chi connectivity index (χ1n) is 3.39. The number of nitrogen functional groups attached to an aromatic ring is 1. The van der Waals surface area contributed by atoms with Gasteiger partial charge in [0.1, 0.15) is 0 Å². The number of para-hydroxylation sites is 1. The van der Waals surface area contributed by atoms with Gasteiger partial charge in [0.15, 0.2) is 0 Å². The van der Waals surface area contributed by atoms with Crippen LogP contribution in [-0.2, 0) is 10.3 Å². The molecule has 0 aromatic heterocycles. The molecule has 80 valence electrons. The second-order valence-electron chi connectivity index (χ2n) is 2.08. The van der Waals surface area contributed by atoms with Crippen molar-refractivity contribution in [1.29, 1.82) is 0 Å². The van der Waals surface area contributed by atoms with Gasteiger partial charge in [-0.3, -0.25) is 10.4 Å². The van der Waals surface area contributed by atoms with Crippen molar-refractivity contribution in [3.63, 3.8) is 0 Å². The Kier molecular flexibility index (Phi) is 5.76. The molecule has 0 aliphatic heterocycles. The summed E-state index contributed by atoms with van der Waals surface area (Å²) >= 11 is 0. The first-order chi connectivity index (χ1) is 6.49. The second kappa shape index (κ2) is 6.29. The highest BCUT2D eigenvalue weighted by molar-refractivity contribution is 7.83. The molecule has 0 saturated carbocycles. The van der Waals surface area contributed by atoms with E-state index in [4.69, 9.17) is 15.6 Å². The summed E-state index contributed by atoms with van der Waals surface area (Å²) in [5.41, 5.74) is 3.46. The standard InChI is InChI=1S/C6H8N2.H3NO4S/c7-8-6-4-2-1-3-5-6;2-1-6(3,4)5/h1-5,8H,7H2;1-2H,(H,3,4,5). The number of rotatable bonds is 2. The summed E-state index contributed by atoms with van der Waals surface area (Å²) in [4.78, 5) is 0.632. The van der Waals surface area contributed by atoms with E-state index in [1.54, 1.807) is 0 Å². The summed E-state index contributed by atoms with van der Waals surface area (Å²) in [7, 11) is -4.36. The predicted octanol–water partition coefficient (Wildman–Crippen LogP) is -0.260. The Morgan fingerprint density at radius 3 is 1.86 bits per heavy atom. The van der Waals surface area contributed by atoms with Gasteiger partial charge in [0.05, 0.1) is 0 Å². The molecule has 0 heterocycles. The zero-order valence-electron chi connectivity index (χ0n) is 7.08. The van der Waals surface area contributed by atoms with E-state index in [1.165, 1.54) is 0 Å². The summed E-state index contributed by atoms with van der Waals surface area (Å²) in [6.07, 6.45) is 0. The average Bonchev–Trinajstić information content (AvgIpc) is 2.19. The Hall–Kier alpha value is -1.19. The van der Waals surface area contributed by atoms with Crippen molar-refractivity contribution in [3.05, 3.63) is 30.3 Å². The lowest BCUT2D eigenvalue weighted by atomic mass is 10.3. The molecule has 0 amide bonds. The second-order valence-corrected chi connectivity index (χ2v) is 3.21. The topological polar surface area (TPSA) is 125 Å². The van der Waals surface area contributed by atoms with E-state index in [9.17, 15) is 8.42 Å². The average molecular weight is 221 g/mol. The maximum atomic E-state index is 9.19. The van der Waals surface area contributed by atoms with Gasteiger partial charge < -0.3 is 10.6 Å². The van der Waals surface area contributed by atoms with Crippen LogP contribution < -0.4 is 16.2 Å². The van der Waals surface area contributed by atoms with Crippen molar-refractivity contribution in [1.82, 2.24) is 4.89 Å². The van der Waals surface area contributed by atoms with Crippen molar-refractivity contribution >= 4 is 16.0 Å². The minimum Gasteiger partial charge on any atom is -0.324 e. The van der Waals surface area contributed by atoms with Gasteiger partial charge in [-0.15, -0.1) is 0 Å². The van der Waals surface area contributed by atoms with E-state index in [-0.39, 0.29) is 0 Å². The van der Waals surface area contributed by atoms with Gasteiger partial charge in [-0.1, -0.05) is 23.1 Å². The Morgan fingerprint density at radius 2 is 1.64 bits per heavy atom. The van der Waals surface area contributed by atoms with Gasteiger partial charge in [0.25, 0.3) is 0 Å². The molecular formula is C6H11N3O4S. The lowest BCUT2D eigenvalue weighted by molar-refractivity contribution is 0.226. The van der Waals surface area contributed by atoms with E-state index in [2.05, 4.69) is 5.43 Å². The molecule has 14 heavy (non-hydrogen) atoms. The molecule has 0 unspecified atom stereocenters. The lowest BCUT2D eigenvalue weighted by Gasteiger charge is -1.94. The largest absolute Gasteiger partial charge is 0.355 e. The molecule has 1 aromatic carbocycles. The monoisotopic (exact) mass is 221 g/mol. The molecule has 0 bridgehead atoms. The Balaban J connectivity index is 0.000000255. The molecule has 6 N–H and O–H groups in total. The van der Waals surface area contributed by atoms with Crippen LogP contribution in [0.2, 0.25) is 0 Å². The van der Waals surface area contributed by atoms with Crippen LogP contribution in [0.15, 0.2) is 30.3 Å².